The van der Waals surface area contributed by atoms with Crippen LogP contribution in [0.25, 0.3) is 0 Å². The molecule has 1 aromatic carbocycles. The monoisotopic (exact) mass is 485 g/mol. The lowest BCUT2D eigenvalue weighted by molar-refractivity contribution is -0.0475. The van der Waals surface area contributed by atoms with Crippen molar-refractivity contribution in [2.45, 2.75) is 72.4 Å². The van der Waals surface area contributed by atoms with Crippen molar-refractivity contribution in [1.29, 1.82) is 0 Å². The normalized spacial score (nSPS) is 23.0. The molecule has 2 atom stereocenters. The highest BCUT2D eigenvalue weighted by Crippen LogP contribution is 2.47. The summed E-state index contributed by atoms with van der Waals surface area (Å²) in [4.78, 5) is 42.3. The van der Waals surface area contributed by atoms with Crippen molar-refractivity contribution < 1.29 is 23.5 Å². The van der Waals surface area contributed by atoms with Gasteiger partial charge in [-0.2, -0.15) is 0 Å². The molecule has 0 spiro atoms. The van der Waals surface area contributed by atoms with Gasteiger partial charge in [-0.3, -0.25) is 19.4 Å². The molecule has 1 aromatic rings. The molecule has 3 rings (SSSR count). The fourth-order valence-corrected chi connectivity index (χ4v) is 5.55. The van der Waals surface area contributed by atoms with E-state index in [1.165, 1.54) is 4.90 Å². The summed E-state index contributed by atoms with van der Waals surface area (Å²) < 4.78 is 12.3. The fraction of sp³-hybridized carbons (Fsp3) is 0.577. The van der Waals surface area contributed by atoms with Crippen molar-refractivity contribution in [2.75, 3.05) is 13.1 Å². The zero-order valence-electron chi connectivity index (χ0n) is 21.7. The van der Waals surface area contributed by atoms with Crippen LogP contribution in [0, 0.1) is 11.3 Å². The van der Waals surface area contributed by atoms with Crippen LogP contribution >= 0.6 is 0 Å². The summed E-state index contributed by atoms with van der Waals surface area (Å²) in [6, 6.07) is 6.79. The molecule has 0 N–H and O–H groups in total. The Bertz CT molecular complexity index is 972. The van der Waals surface area contributed by atoms with Crippen molar-refractivity contribution >= 4 is 26.9 Å². The first-order valence-electron chi connectivity index (χ1n) is 11.7. The van der Waals surface area contributed by atoms with E-state index in [-0.39, 0.29) is 29.7 Å². The molecular formula is C26H37N2O5Si. The Morgan fingerprint density at radius 3 is 2.06 bits per heavy atom. The van der Waals surface area contributed by atoms with E-state index in [9.17, 15) is 14.4 Å². The maximum Gasteiger partial charge on any atom is 0.412 e. The Morgan fingerprint density at radius 1 is 1.09 bits per heavy atom. The molecule has 3 amide bonds. The van der Waals surface area contributed by atoms with Gasteiger partial charge in [-0.25, -0.2) is 4.79 Å². The van der Waals surface area contributed by atoms with Crippen LogP contribution in [0.5, 0.6) is 0 Å². The number of likely N-dealkylation sites (tertiary alicyclic amines) is 1. The molecule has 2 aliphatic heterocycles. The van der Waals surface area contributed by atoms with E-state index in [2.05, 4.69) is 27.4 Å². The third-order valence-electron chi connectivity index (χ3n) is 6.35. The van der Waals surface area contributed by atoms with Crippen LogP contribution in [0.3, 0.4) is 0 Å². The molecule has 0 aliphatic carbocycles. The maximum atomic E-state index is 13.4. The van der Waals surface area contributed by atoms with E-state index < -0.39 is 26.5 Å². The number of hydrogen-bond donors (Lipinski definition) is 0. The maximum absolute atomic E-state index is 13.4. The second-order valence-electron chi connectivity index (χ2n) is 11.5. The van der Waals surface area contributed by atoms with Crippen LogP contribution < -0.4 is 0 Å². The minimum Gasteiger partial charge on any atom is -0.444 e. The largest absolute Gasteiger partial charge is 0.444 e. The molecule has 1 radical (unpaired) electrons. The van der Waals surface area contributed by atoms with Crippen molar-refractivity contribution in [3.63, 3.8) is 0 Å². The summed E-state index contributed by atoms with van der Waals surface area (Å²) in [7, 11) is -1.31. The average Bonchev–Trinajstić information content (AvgIpc) is 3.19. The van der Waals surface area contributed by atoms with Crippen LogP contribution in [0.2, 0.25) is 13.1 Å². The standard InChI is InChI=1S/C26H37N2O5Si/c1-17(15-27-21(29)19-12-10-11-13-20(19)22(27)30)26(33-34(8)9)14-18(24(2,3)4)16-28(26)23(31)32-25(5,6)7/h10-13,18H,1,14-16H2,2-9H3/t18-,26-/m0/s1. The number of carbonyl (C=O) groups excluding carboxylic acids is 3. The van der Waals surface area contributed by atoms with Crippen LogP contribution in [0.1, 0.15) is 68.7 Å². The fourth-order valence-electron chi connectivity index (χ4n) is 4.53. The van der Waals surface area contributed by atoms with Crippen molar-refractivity contribution in [3.05, 3.63) is 47.5 Å². The zero-order chi connectivity index (χ0) is 25.6. The minimum absolute atomic E-state index is 0.0301. The van der Waals surface area contributed by atoms with Gasteiger partial charge in [0.05, 0.1) is 17.7 Å². The van der Waals surface area contributed by atoms with Crippen LogP contribution in [0.4, 0.5) is 4.79 Å². The molecule has 1 fully saturated rings. The molecular weight excluding hydrogens is 448 g/mol. The summed E-state index contributed by atoms with van der Waals surface area (Å²) >= 11 is 0. The second kappa shape index (κ2) is 8.96. The lowest BCUT2D eigenvalue weighted by Gasteiger charge is -2.42. The van der Waals surface area contributed by atoms with Gasteiger partial charge in [0.2, 0.25) is 9.04 Å². The number of ether oxygens (including phenoxy) is 1. The second-order valence-corrected chi connectivity index (χ2v) is 13.5. The number of fused-ring (bicyclic) bond motifs is 1. The van der Waals surface area contributed by atoms with Gasteiger partial charge in [0.1, 0.15) is 5.60 Å². The van der Waals surface area contributed by atoms with Crippen LogP contribution in [-0.4, -0.2) is 61.2 Å². The molecule has 8 heteroatoms. The molecule has 2 heterocycles. The molecule has 0 saturated carbocycles. The molecule has 34 heavy (non-hydrogen) atoms. The van der Waals surface area contributed by atoms with E-state index in [1.807, 2.05) is 33.9 Å². The van der Waals surface area contributed by atoms with E-state index in [1.54, 1.807) is 29.2 Å². The lowest BCUT2D eigenvalue weighted by atomic mass is 9.78. The number of rotatable bonds is 5. The number of carbonyl (C=O) groups is 3. The van der Waals surface area contributed by atoms with Crippen molar-refractivity contribution in [1.82, 2.24) is 9.80 Å². The topological polar surface area (TPSA) is 76.2 Å². The number of imide groups is 1. The quantitative estimate of drug-likeness (QED) is 0.329. The predicted molar refractivity (Wildman–Crippen MR) is 133 cm³/mol. The van der Waals surface area contributed by atoms with Gasteiger partial charge in [0, 0.05) is 13.0 Å². The SMILES string of the molecule is C=C(CN1C(=O)c2ccccc2C1=O)[C@@]1(O[Si](C)C)C[C@H](C(C)(C)C)CN1C(=O)OC(C)(C)C. The van der Waals surface area contributed by atoms with Gasteiger partial charge in [0.25, 0.3) is 11.8 Å². The smallest absolute Gasteiger partial charge is 0.412 e. The Balaban J connectivity index is 2.00. The summed E-state index contributed by atoms with van der Waals surface area (Å²) in [5.41, 5.74) is -0.671. The molecule has 185 valence electrons. The molecule has 7 nitrogen and oxygen atoms in total. The molecule has 0 aromatic heterocycles. The van der Waals surface area contributed by atoms with Gasteiger partial charge in [-0.15, -0.1) is 0 Å². The highest BCUT2D eigenvalue weighted by molar-refractivity contribution is 6.48. The molecule has 0 unspecified atom stereocenters. The van der Waals surface area contributed by atoms with Gasteiger partial charge in [0.15, 0.2) is 5.72 Å². The summed E-state index contributed by atoms with van der Waals surface area (Å²) in [5.74, 6) is -0.602. The van der Waals surface area contributed by atoms with Crippen LogP contribution in [-0.2, 0) is 9.16 Å². The Labute approximate surface area is 204 Å². The third kappa shape index (κ3) is 4.98. The van der Waals surface area contributed by atoms with Crippen molar-refractivity contribution in [3.8, 4) is 0 Å². The Hall–Kier alpha value is -2.45. The van der Waals surface area contributed by atoms with Gasteiger partial charge in [-0.1, -0.05) is 39.5 Å². The molecule has 1 saturated heterocycles. The minimum atomic E-state index is -1.31. The lowest BCUT2D eigenvalue weighted by Crippen LogP contribution is -2.55. The number of amides is 3. The average molecular weight is 486 g/mol. The number of hydrogen-bond acceptors (Lipinski definition) is 5. The van der Waals surface area contributed by atoms with E-state index >= 15 is 0 Å². The van der Waals surface area contributed by atoms with Gasteiger partial charge >= 0.3 is 6.09 Å². The third-order valence-corrected chi connectivity index (χ3v) is 7.10. The molecule has 2 aliphatic rings. The Kier molecular flexibility index (Phi) is 6.90. The first kappa shape index (κ1) is 26.2. The highest BCUT2D eigenvalue weighted by atomic mass is 28.3. The van der Waals surface area contributed by atoms with E-state index in [0.29, 0.717) is 29.7 Å². The number of nitrogens with zero attached hydrogens (tertiary/aromatic N) is 2. The van der Waals surface area contributed by atoms with Crippen molar-refractivity contribution in [2.24, 2.45) is 11.3 Å². The predicted octanol–water partition coefficient (Wildman–Crippen LogP) is 5.11. The summed E-state index contributed by atoms with van der Waals surface area (Å²) in [6.45, 7) is 20.6. The zero-order valence-corrected chi connectivity index (χ0v) is 22.7. The first-order chi connectivity index (χ1) is 15.6. The summed E-state index contributed by atoms with van der Waals surface area (Å²) in [5, 5.41) is 0. The van der Waals surface area contributed by atoms with Crippen LogP contribution in [0.15, 0.2) is 36.4 Å². The van der Waals surface area contributed by atoms with Gasteiger partial charge in [-0.05, 0) is 62.9 Å². The van der Waals surface area contributed by atoms with E-state index in [0.717, 1.165) is 0 Å². The number of benzene rings is 1. The highest BCUT2D eigenvalue weighted by Gasteiger charge is 2.55. The van der Waals surface area contributed by atoms with E-state index in [4.69, 9.17) is 9.16 Å². The Morgan fingerprint density at radius 2 is 1.62 bits per heavy atom. The molecule has 0 bridgehead atoms. The summed E-state index contributed by atoms with van der Waals surface area (Å²) in [6.07, 6.45) is 0.0409. The first-order valence-corrected chi connectivity index (χ1v) is 14.1. The van der Waals surface area contributed by atoms with Gasteiger partial charge < -0.3 is 9.16 Å².